The summed E-state index contributed by atoms with van der Waals surface area (Å²) in [5.74, 6) is 0. The van der Waals surface area contributed by atoms with Gasteiger partial charge in [-0.05, 0) is 11.6 Å². The van der Waals surface area contributed by atoms with Gasteiger partial charge in [-0.15, -0.1) is 13.2 Å². The number of alkyl halides is 3. The summed E-state index contributed by atoms with van der Waals surface area (Å²) in [5, 5.41) is 0. The molecule has 14 heavy (non-hydrogen) atoms. The molecule has 0 amide bonds. The van der Waals surface area contributed by atoms with Gasteiger partial charge in [0.15, 0.2) is 0 Å². The lowest BCUT2D eigenvalue weighted by molar-refractivity contribution is -0.330. The second-order valence-corrected chi connectivity index (χ2v) is 2.60. The quantitative estimate of drug-likeness (QED) is 0.707. The first-order valence-corrected chi connectivity index (χ1v) is 3.76. The molecule has 2 nitrogen and oxygen atoms in total. The van der Waals surface area contributed by atoms with E-state index in [1.165, 1.54) is 24.3 Å². The molecule has 0 aliphatic carbocycles. The van der Waals surface area contributed by atoms with Crippen molar-refractivity contribution in [2.45, 2.75) is 13.0 Å². The SMILES string of the molecule is O=Cc1cccc(COC(F)(F)F)c1. The Balaban J connectivity index is 2.63. The number of rotatable bonds is 3. The van der Waals surface area contributed by atoms with Crippen molar-refractivity contribution in [3.8, 4) is 0 Å². The van der Waals surface area contributed by atoms with Gasteiger partial charge in [-0.3, -0.25) is 9.53 Å². The summed E-state index contributed by atoms with van der Waals surface area (Å²) in [5.41, 5.74) is 0.639. The average molecular weight is 204 g/mol. The van der Waals surface area contributed by atoms with Crippen molar-refractivity contribution in [2.24, 2.45) is 0 Å². The summed E-state index contributed by atoms with van der Waals surface area (Å²) in [6, 6.07) is 5.81. The molecule has 0 saturated heterocycles. The number of aldehydes is 1. The third-order valence-electron chi connectivity index (χ3n) is 1.49. The zero-order valence-electron chi connectivity index (χ0n) is 7.04. The topological polar surface area (TPSA) is 26.3 Å². The number of ether oxygens (including phenoxy) is 1. The Kier molecular flexibility index (Phi) is 3.24. The molecular formula is C9H7F3O2. The molecule has 0 aromatic heterocycles. The molecule has 0 atom stereocenters. The normalized spacial score (nSPS) is 11.4. The highest BCUT2D eigenvalue weighted by atomic mass is 19.4. The van der Waals surface area contributed by atoms with E-state index in [0.717, 1.165) is 0 Å². The minimum Gasteiger partial charge on any atom is -0.298 e. The number of halogens is 3. The van der Waals surface area contributed by atoms with E-state index in [1.807, 2.05) is 0 Å². The molecule has 0 radical (unpaired) electrons. The maximum atomic E-state index is 11.6. The number of hydrogen-bond acceptors (Lipinski definition) is 2. The molecule has 5 heteroatoms. The van der Waals surface area contributed by atoms with Crippen LogP contribution in [0.25, 0.3) is 0 Å². The van der Waals surface area contributed by atoms with Gasteiger partial charge in [-0.25, -0.2) is 0 Å². The van der Waals surface area contributed by atoms with Gasteiger partial charge in [0.1, 0.15) is 6.29 Å². The largest absolute Gasteiger partial charge is 0.522 e. The fourth-order valence-electron chi connectivity index (χ4n) is 0.921. The Morgan fingerprint density at radius 2 is 2.07 bits per heavy atom. The molecule has 0 spiro atoms. The molecule has 1 rings (SSSR count). The molecular weight excluding hydrogens is 197 g/mol. The maximum absolute atomic E-state index is 11.6. The first-order chi connectivity index (χ1) is 6.51. The highest BCUT2D eigenvalue weighted by molar-refractivity contribution is 5.74. The zero-order valence-corrected chi connectivity index (χ0v) is 7.04. The minimum absolute atomic E-state index is 0.312. The lowest BCUT2D eigenvalue weighted by Crippen LogP contribution is -2.12. The summed E-state index contributed by atoms with van der Waals surface area (Å²) in [6.07, 6.45) is -4.08. The third-order valence-corrected chi connectivity index (χ3v) is 1.49. The second-order valence-electron chi connectivity index (χ2n) is 2.60. The summed E-state index contributed by atoms with van der Waals surface area (Å²) in [6.45, 7) is -0.578. The van der Waals surface area contributed by atoms with Crippen LogP contribution in [0.2, 0.25) is 0 Å². The molecule has 0 saturated carbocycles. The van der Waals surface area contributed by atoms with Crippen LogP contribution in [0.3, 0.4) is 0 Å². The fourth-order valence-corrected chi connectivity index (χ4v) is 0.921. The predicted octanol–water partition coefficient (Wildman–Crippen LogP) is 2.54. The molecule has 1 aromatic rings. The van der Waals surface area contributed by atoms with Gasteiger partial charge < -0.3 is 0 Å². The number of carbonyl (C=O) groups is 1. The first kappa shape index (κ1) is 10.7. The maximum Gasteiger partial charge on any atom is 0.522 e. The van der Waals surface area contributed by atoms with Crippen LogP contribution in [-0.4, -0.2) is 12.6 Å². The third kappa shape index (κ3) is 3.57. The van der Waals surface area contributed by atoms with E-state index in [-0.39, 0.29) is 0 Å². The first-order valence-electron chi connectivity index (χ1n) is 3.76. The molecule has 0 aliphatic rings. The molecule has 76 valence electrons. The summed E-state index contributed by atoms with van der Waals surface area (Å²) in [4.78, 5) is 10.3. The molecule has 0 unspecified atom stereocenters. The Labute approximate surface area is 78.3 Å². The Hall–Kier alpha value is -1.36. The number of benzene rings is 1. The fraction of sp³-hybridized carbons (Fsp3) is 0.222. The van der Waals surface area contributed by atoms with E-state index in [4.69, 9.17) is 0 Å². The zero-order chi connectivity index (χ0) is 10.6. The van der Waals surface area contributed by atoms with E-state index in [9.17, 15) is 18.0 Å². The van der Waals surface area contributed by atoms with Crippen molar-refractivity contribution in [1.29, 1.82) is 0 Å². The number of hydrogen-bond donors (Lipinski definition) is 0. The average Bonchev–Trinajstić information content (AvgIpc) is 2.14. The van der Waals surface area contributed by atoms with Crippen molar-refractivity contribution in [2.75, 3.05) is 0 Å². The van der Waals surface area contributed by atoms with Gasteiger partial charge in [-0.2, -0.15) is 0 Å². The minimum atomic E-state index is -4.64. The Morgan fingerprint density at radius 3 is 2.64 bits per heavy atom. The van der Waals surface area contributed by atoms with Crippen molar-refractivity contribution in [3.05, 3.63) is 35.4 Å². The van der Waals surface area contributed by atoms with Crippen LogP contribution in [-0.2, 0) is 11.3 Å². The van der Waals surface area contributed by atoms with Crippen LogP contribution in [0.5, 0.6) is 0 Å². The van der Waals surface area contributed by atoms with Crippen LogP contribution >= 0.6 is 0 Å². The van der Waals surface area contributed by atoms with Crippen molar-refractivity contribution in [3.63, 3.8) is 0 Å². The Morgan fingerprint density at radius 1 is 1.36 bits per heavy atom. The summed E-state index contributed by atoms with van der Waals surface area (Å²) >= 11 is 0. The van der Waals surface area contributed by atoms with Crippen LogP contribution in [0.1, 0.15) is 15.9 Å². The molecule has 0 aliphatic heterocycles. The lowest BCUT2D eigenvalue weighted by Gasteiger charge is -2.07. The van der Waals surface area contributed by atoms with Gasteiger partial charge in [0.25, 0.3) is 0 Å². The lowest BCUT2D eigenvalue weighted by atomic mass is 10.1. The molecule has 0 heterocycles. The van der Waals surface area contributed by atoms with E-state index < -0.39 is 13.0 Å². The van der Waals surface area contributed by atoms with E-state index >= 15 is 0 Å². The van der Waals surface area contributed by atoms with E-state index in [1.54, 1.807) is 0 Å². The van der Waals surface area contributed by atoms with Crippen molar-refractivity contribution >= 4 is 6.29 Å². The van der Waals surface area contributed by atoms with Gasteiger partial charge in [0.05, 0.1) is 6.61 Å². The van der Waals surface area contributed by atoms with Crippen molar-refractivity contribution in [1.82, 2.24) is 0 Å². The highest BCUT2D eigenvalue weighted by Gasteiger charge is 2.28. The van der Waals surface area contributed by atoms with Crippen LogP contribution in [0.4, 0.5) is 13.2 Å². The van der Waals surface area contributed by atoms with E-state index in [2.05, 4.69) is 4.74 Å². The predicted molar refractivity (Wildman–Crippen MR) is 42.7 cm³/mol. The van der Waals surface area contributed by atoms with Crippen LogP contribution in [0.15, 0.2) is 24.3 Å². The smallest absolute Gasteiger partial charge is 0.298 e. The molecule has 0 N–H and O–H groups in total. The molecule has 0 fully saturated rings. The van der Waals surface area contributed by atoms with Crippen LogP contribution in [0, 0.1) is 0 Å². The monoisotopic (exact) mass is 204 g/mol. The van der Waals surface area contributed by atoms with Gasteiger partial charge in [0.2, 0.25) is 0 Å². The van der Waals surface area contributed by atoms with E-state index in [0.29, 0.717) is 17.4 Å². The molecule has 0 bridgehead atoms. The van der Waals surface area contributed by atoms with Crippen LogP contribution < -0.4 is 0 Å². The van der Waals surface area contributed by atoms with Gasteiger partial charge >= 0.3 is 6.36 Å². The number of carbonyl (C=O) groups excluding carboxylic acids is 1. The summed E-state index contributed by atoms with van der Waals surface area (Å²) < 4.78 is 38.5. The van der Waals surface area contributed by atoms with Crippen molar-refractivity contribution < 1.29 is 22.7 Å². The Bertz CT molecular complexity index is 320. The van der Waals surface area contributed by atoms with Gasteiger partial charge in [-0.1, -0.05) is 18.2 Å². The molecule has 1 aromatic carbocycles. The summed E-state index contributed by atoms with van der Waals surface area (Å²) in [7, 11) is 0. The van der Waals surface area contributed by atoms with Gasteiger partial charge in [0, 0.05) is 5.56 Å². The second kappa shape index (κ2) is 4.23. The standard InChI is InChI=1S/C9H7F3O2/c10-9(11,12)14-6-8-3-1-2-7(4-8)5-13/h1-5H,6H2. The highest BCUT2D eigenvalue weighted by Crippen LogP contribution is 2.18.